The van der Waals surface area contributed by atoms with Gasteiger partial charge in [-0.2, -0.15) is 0 Å². The maximum atomic E-state index is 13.3. The van der Waals surface area contributed by atoms with Gasteiger partial charge in [0.05, 0.1) is 15.7 Å². The van der Waals surface area contributed by atoms with Gasteiger partial charge in [0, 0.05) is 27.9 Å². The number of amides is 3. The van der Waals surface area contributed by atoms with Gasteiger partial charge in [0.1, 0.15) is 17.0 Å². The molecule has 0 aromatic heterocycles. The molecule has 228 valence electrons. The Balaban J connectivity index is 1.46. The Morgan fingerprint density at radius 1 is 0.867 bits per heavy atom. The van der Waals surface area contributed by atoms with Crippen LogP contribution < -0.4 is 16.0 Å². The van der Waals surface area contributed by atoms with Gasteiger partial charge in [-0.15, -0.1) is 11.8 Å². The molecule has 4 rings (SSSR count). The molecule has 5 N–H and O–H groups in total. The third-order valence-corrected chi connectivity index (χ3v) is 7.36. The van der Waals surface area contributed by atoms with E-state index in [2.05, 4.69) is 16.0 Å². The zero-order valence-corrected chi connectivity index (χ0v) is 24.4. The van der Waals surface area contributed by atoms with Crippen LogP contribution in [0.4, 0.5) is 17.1 Å². The molecule has 45 heavy (non-hydrogen) atoms. The summed E-state index contributed by atoms with van der Waals surface area (Å²) in [5, 5.41) is 37.6. The first-order valence-corrected chi connectivity index (χ1v) is 14.2. The zero-order valence-electron chi connectivity index (χ0n) is 23.6. The van der Waals surface area contributed by atoms with Crippen molar-refractivity contribution in [2.24, 2.45) is 0 Å². The number of hydrogen-bond donors (Lipinski definition) is 5. The number of nitrogens with one attached hydrogen (secondary N) is 3. The highest BCUT2D eigenvalue weighted by molar-refractivity contribution is 8.00. The topological polar surface area (TPSA) is 188 Å². The molecule has 0 aliphatic heterocycles. The number of nitrogens with zero attached hydrogens (tertiary/aromatic N) is 1. The number of nitro groups is 1. The Morgan fingerprint density at radius 3 is 2.18 bits per heavy atom. The lowest BCUT2D eigenvalue weighted by Gasteiger charge is -2.14. The van der Waals surface area contributed by atoms with Crippen LogP contribution in [0.1, 0.15) is 33.2 Å². The van der Waals surface area contributed by atoms with Crippen LogP contribution >= 0.6 is 11.8 Å². The van der Waals surface area contributed by atoms with E-state index in [9.17, 15) is 34.4 Å². The minimum atomic E-state index is -1.33. The molecule has 0 fully saturated rings. The first-order valence-electron chi connectivity index (χ1n) is 13.3. The third-order valence-electron chi connectivity index (χ3n) is 6.25. The molecule has 0 radical (unpaired) electrons. The van der Waals surface area contributed by atoms with Crippen LogP contribution in [0.15, 0.2) is 108 Å². The molecule has 4 aromatic rings. The van der Waals surface area contributed by atoms with Crippen LogP contribution in [-0.4, -0.2) is 44.1 Å². The van der Waals surface area contributed by atoms with Crippen LogP contribution in [-0.2, 0) is 9.59 Å². The zero-order chi connectivity index (χ0) is 32.5. The minimum absolute atomic E-state index is 0.117. The second-order valence-corrected chi connectivity index (χ2v) is 10.9. The molecule has 13 heteroatoms. The SMILES string of the molecule is CC(Sc1ccc(NC(=O)/C(=C/c2ccccc2[N+](=O)[O-])NC(=O)c2ccccc2)cc1)C(=O)Nc1ccc(O)c(C(=O)O)c1. The van der Waals surface area contributed by atoms with Crippen LogP contribution in [0.25, 0.3) is 6.08 Å². The highest BCUT2D eigenvalue weighted by Crippen LogP contribution is 2.27. The predicted octanol–water partition coefficient (Wildman–Crippen LogP) is 5.53. The van der Waals surface area contributed by atoms with Crippen molar-refractivity contribution in [3.05, 3.63) is 130 Å². The van der Waals surface area contributed by atoms with E-state index in [-0.39, 0.29) is 33.8 Å². The number of carboxylic acid groups (broad SMARTS) is 1. The summed E-state index contributed by atoms with van der Waals surface area (Å²) in [5.41, 5.74) is 0.160. The number of hydrogen-bond acceptors (Lipinski definition) is 8. The number of nitro benzene ring substituents is 1. The number of thioether (sulfide) groups is 1. The number of carbonyl (C=O) groups excluding carboxylic acids is 3. The summed E-state index contributed by atoms with van der Waals surface area (Å²) in [6.07, 6.45) is 1.23. The molecule has 4 aromatic carbocycles. The van der Waals surface area contributed by atoms with E-state index in [1.165, 1.54) is 48.2 Å². The first-order chi connectivity index (χ1) is 21.5. The second-order valence-electron chi connectivity index (χ2n) is 9.46. The number of para-hydroxylation sites is 1. The number of carbonyl (C=O) groups is 4. The summed E-state index contributed by atoms with van der Waals surface area (Å²) in [4.78, 5) is 61.7. The summed E-state index contributed by atoms with van der Waals surface area (Å²) >= 11 is 1.21. The van der Waals surface area contributed by atoms with Gasteiger partial charge in [0.2, 0.25) is 5.91 Å². The molecule has 0 saturated carbocycles. The summed E-state index contributed by atoms with van der Waals surface area (Å²) in [7, 11) is 0. The fraction of sp³-hybridized carbons (Fsp3) is 0.0625. The average molecular weight is 627 g/mol. The van der Waals surface area contributed by atoms with Gasteiger partial charge in [-0.1, -0.05) is 30.3 Å². The molecule has 3 amide bonds. The molecule has 0 saturated heterocycles. The summed E-state index contributed by atoms with van der Waals surface area (Å²) in [6, 6.07) is 24.2. The van der Waals surface area contributed by atoms with Crippen molar-refractivity contribution in [2.75, 3.05) is 10.6 Å². The maximum Gasteiger partial charge on any atom is 0.339 e. The highest BCUT2D eigenvalue weighted by atomic mass is 32.2. The maximum absolute atomic E-state index is 13.3. The van der Waals surface area contributed by atoms with E-state index in [1.807, 2.05) is 0 Å². The number of anilines is 2. The Labute approximate surface area is 260 Å². The molecular formula is C32H26N4O8S. The molecule has 0 aliphatic carbocycles. The molecular weight excluding hydrogens is 600 g/mol. The van der Waals surface area contributed by atoms with Crippen molar-refractivity contribution in [1.82, 2.24) is 5.32 Å². The van der Waals surface area contributed by atoms with Crippen LogP contribution in [0.5, 0.6) is 5.75 Å². The smallest absolute Gasteiger partial charge is 0.339 e. The van der Waals surface area contributed by atoms with E-state index in [0.717, 1.165) is 6.07 Å². The van der Waals surface area contributed by atoms with Crippen molar-refractivity contribution in [3.63, 3.8) is 0 Å². The Bertz CT molecular complexity index is 1790. The largest absolute Gasteiger partial charge is 0.507 e. The lowest BCUT2D eigenvalue weighted by molar-refractivity contribution is -0.385. The van der Waals surface area contributed by atoms with Crippen molar-refractivity contribution in [2.45, 2.75) is 17.1 Å². The summed E-state index contributed by atoms with van der Waals surface area (Å²) in [5.74, 6) is -3.46. The normalized spacial score (nSPS) is 11.6. The number of phenols is 1. The van der Waals surface area contributed by atoms with E-state index >= 15 is 0 Å². The Kier molecular flexibility index (Phi) is 10.3. The van der Waals surface area contributed by atoms with E-state index in [0.29, 0.717) is 10.6 Å². The summed E-state index contributed by atoms with van der Waals surface area (Å²) in [6.45, 7) is 1.66. The molecule has 1 unspecified atom stereocenters. The van der Waals surface area contributed by atoms with Crippen molar-refractivity contribution in [3.8, 4) is 5.75 Å². The Hall–Kier alpha value is -5.95. The van der Waals surface area contributed by atoms with Crippen molar-refractivity contribution in [1.29, 1.82) is 0 Å². The van der Waals surface area contributed by atoms with Gasteiger partial charge in [-0.25, -0.2) is 4.79 Å². The number of carboxylic acids is 1. The lowest BCUT2D eigenvalue weighted by atomic mass is 10.1. The number of aromatic carboxylic acids is 1. The van der Waals surface area contributed by atoms with Gasteiger partial charge in [-0.05, 0) is 73.7 Å². The minimum Gasteiger partial charge on any atom is -0.507 e. The molecule has 0 heterocycles. The average Bonchev–Trinajstić information content (AvgIpc) is 3.02. The predicted molar refractivity (Wildman–Crippen MR) is 169 cm³/mol. The second kappa shape index (κ2) is 14.5. The number of aromatic hydroxyl groups is 1. The highest BCUT2D eigenvalue weighted by Gasteiger charge is 2.20. The fourth-order valence-electron chi connectivity index (χ4n) is 3.98. The molecule has 1 atom stereocenters. The van der Waals surface area contributed by atoms with Crippen molar-refractivity contribution >= 4 is 58.6 Å². The van der Waals surface area contributed by atoms with Gasteiger partial charge in [0.25, 0.3) is 17.5 Å². The fourth-order valence-corrected chi connectivity index (χ4v) is 4.84. The van der Waals surface area contributed by atoms with Crippen LogP contribution in [0.2, 0.25) is 0 Å². The molecule has 0 bridgehead atoms. The van der Waals surface area contributed by atoms with E-state index in [1.54, 1.807) is 67.6 Å². The monoisotopic (exact) mass is 626 g/mol. The van der Waals surface area contributed by atoms with Crippen LogP contribution in [0.3, 0.4) is 0 Å². The van der Waals surface area contributed by atoms with E-state index in [4.69, 9.17) is 5.11 Å². The molecule has 12 nitrogen and oxygen atoms in total. The molecule has 0 spiro atoms. The standard InChI is InChI=1S/C32H26N4O8S/c1-19(29(38)34-23-13-16-28(37)25(18-23)32(41)42)45-24-14-11-22(12-15-24)33-31(40)26(35-30(39)20-7-3-2-4-8-20)17-21-9-5-6-10-27(21)36(43)44/h2-19,37H,1H3,(H,33,40)(H,34,38)(H,35,39)(H,41,42)/b26-17-. The van der Waals surface area contributed by atoms with Gasteiger partial charge >= 0.3 is 5.97 Å². The first kappa shape index (κ1) is 32.0. The van der Waals surface area contributed by atoms with E-state index < -0.39 is 39.6 Å². The summed E-state index contributed by atoms with van der Waals surface area (Å²) < 4.78 is 0. The van der Waals surface area contributed by atoms with Crippen molar-refractivity contribution < 1.29 is 34.3 Å². The van der Waals surface area contributed by atoms with Gasteiger partial charge < -0.3 is 26.2 Å². The Morgan fingerprint density at radius 2 is 1.51 bits per heavy atom. The van der Waals surface area contributed by atoms with Gasteiger partial charge in [0.15, 0.2) is 0 Å². The van der Waals surface area contributed by atoms with Crippen LogP contribution in [0, 0.1) is 10.1 Å². The van der Waals surface area contributed by atoms with Gasteiger partial charge in [-0.3, -0.25) is 24.5 Å². The third kappa shape index (κ3) is 8.55. The lowest BCUT2D eigenvalue weighted by Crippen LogP contribution is -2.30. The quantitative estimate of drug-likeness (QED) is 0.0469. The number of rotatable bonds is 11. The molecule has 0 aliphatic rings. The number of benzene rings is 4.